The first-order valence-corrected chi connectivity index (χ1v) is 10.4. The molecular formula is C23H17ClN4S. The predicted molar refractivity (Wildman–Crippen MR) is 124 cm³/mol. The highest BCUT2D eigenvalue weighted by atomic mass is 35.5. The molecule has 0 unspecified atom stereocenters. The van der Waals surface area contributed by atoms with Gasteiger partial charge < -0.3 is 4.57 Å². The van der Waals surface area contributed by atoms with Crippen LogP contribution in [-0.4, -0.2) is 15.8 Å². The van der Waals surface area contributed by atoms with Gasteiger partial charge in [0.05, 0.1) is 11.9 Å². The molecule has 0 amide bonds. The molecule has 29 heavy (non-hydrogen) atoms. The fourth-order valence-corrected chi connectivity index (χ4v) is 4.30. The Morgan fingerprint density at radius 2 is 1.79 bits per heavy atom. The zero-order chi connectivity index (χ0) is 19.8. The fraction of sp³-hybridized carbons (Fsp3) is 0.0435. The van der Waals surface area contributed by atoms with Crippen LogP contribution in [0.15, 0.2) is 77.2 Å². The quantitative estimate of drug-likeness (QED) is 0.266. The number of para-hydroxylation sites is 1. The molecule has 0 fully saturated rings. The van der Waals surface area contributed by atoms with Crippen LogP contribution in [0.5, 0.6) is 0 Å². The third kappa shape index (κ3) is 3.39. The fourth-order valence-electron chi connectivity index (χ4n) is 3.51. The van der Waals surface area contributed by atoms with Crippen LogP contribution >= 0.6 is 22.9 Å². The number of hydrazone groups is 1. The van der Waals surface area contributed by atoms with Crippen LogP contribution in [0.1, 0.15) is 5.56 Å². The summed E-state index contributed by atoms with van der Waals surface area (Å²) in [4.78, 5) is 4.58. The molecule has 1 N–H and O–H groups in total. The van der Waals surface area contributed by atoms with E-state index in [1.165, 1.54) is 33.1 Å². The van der Waals surface area contributed by atoms with Gasteiger partial charge in [-0.25, -0.2) is 4.98 Å². The molecular weight excluding hydrogens is 400 g/mol. The standard InChI is InChI=1S/C23H17ClN4S/c1-28-21-5-3-2-4-18(21)19-12-15(6-11-22(19)28)13-25-27-23-26-20(14-29-23)16-7-9-17(24)10-8-16/h2-14H,1H3,(H,26,27). The average Bonchev–Trinajstić information content (AvgIpc) is 3.33. The molecule has 3 aromatic carbocycles. The summed E-state index contributed by atoms with van der Waals surface area (Å²) in [6.45, 7) is 0. The third-order valence-corrected chi connectivity index (χ3v) is 5.95. The Bertz CT molecular complexity index is 1350. The van der Waals surface area contributed by atoms with Crippen LogP contribution in [0, 0.1) is 0 Å². The Morgan fingerprint density at radius 3 is 2.66 bits per heavy atom. The van der Waals surface area contributed by atoms with Crippen molar-refractivity contribution in [2.75, 3.05) is 5.43 Å². The van der Waals surface area contributed by atoms with Crippen molar-refractivity contribution < 1.29 is 0 Å². The molecule has 6 heteroatoms. The highest BCUT2D eigenvalue weighted by Gasteiger charge is 2.07. The number of nitrogens with zero attached hydrogens (tertiary/aromatic N) is 3. The van der Waals surface area contributed by atoms with Gasteiger partial charge in [0.25, 0.3) is 0 Å². The van der Waals surface area contributed by atoms with Crippen LogP contribution in [0.25, 0.3) is 33.1 Å². The molecule has 2 heterocycles. The molecule has 5 rings (SSSR count). The Balaban J connectivity index is 1.37. The molecule has 0 aliphatic heterocycles. The largest absolute Gasteiger partial charge is 0.344 e. The monoisotopic (exact) mass is 416 g/mol. The maximum atomic E-state index is 5.95. The van der Waals surface area contributed by atoms with Gasteiger partial charge >= 0.3 is 0 Å². The second kappa shape index (κ2) is 7.35. The van der Waals surface area contributed by atoms with E-state index in [4.69, 9.17) is 11.6 Å². The number of thiazole rings is 1. The molecule has 0 saturated carbocycles. The number of hydrogen-bond donors (Lipinski definition) is 1. The maximum Gasteiger partial charge on any atom is 0.203 e. The van der Waals surface area contributed by atoms with Crippen molar-refractivity contribution in [1.82, 2.24) is 9.55 Å². The van der Waals surface area contributed by atoms with E-state index >= 15 is 0 Å². The summed E-state index contributed by atoms with van der Waals surface area (Å²) in [5, 5.41) is 10.3. The lowest BCUT2D eigenvalue weighted by atomic mass is 10.1. The number of fused-ring (bicyclic) bond motifs is 3. The number of halogens is 1. The normalized spacial score (nSPS) is 11.7. The second-order valence-corrected chi connectivity index (χ2v) is 8.06. The average molecular weight is 417 g/mol. The number of nitrogens with one attached hydrogen (secondary N) is 1. The van der Waals surface area contributed by atoms with Gasteiger partial charge in [-0.15, -0.1) is 11.3 Å². The summed E-state index contributed by atoms with van der Waals surface area (Å²) in [6, 6.07) is 22.5. The smallest absolute Gasteiger partial charge is 0.203 e. The molecule has 0 radical (unpaired) electrons. The van der Waals surface area contributed by atoms with Gasteiger partial charge in [0, 0.05) is 44.8 Å². The lowest BCUT2D eigenvalue weighted by Crippen LogP contribution is -1.91. The van der Waals surface area contributed by atoms with Crippen LogP contribution in [-0.2, 0) is 7.05 Å². The third-order valence-electron chi connectivity index (χ3n) is 4.96. The van der Waals surface area contributed by atoms with Gasteiger partial charge in [-0.05, 0) is 35.9 Å². The zero-order valence-corrected chi connectivity index (χ0v) is 17.2. The van der Waals surface area contributed by atoms with E-state index in [9.17, 15) is 0 Å². The van der Waals surface area contributed by atoms with E-state index in [2.05, 4.69) is 69.6 Å². The number of aromatic nitrogens is 2. The summed E-state index contributed by atoms with van der Waals surface area (Å²) in [7, 11) is 2.10. The minimum Gasteiger partial charge on any atom is -0.344 e. The van der Waals surface area contributed by atoms with Crippen LogP contribution in [0.4, 0.5) is 5.13 Å². The van der Waals surface area contributed by atoms with Crippen LogP contribution in [0.3, 0.4) is 0 Å². The topological polar surface area (TPSA) is 42.2 Å². The molecule has 0 bridgehead atoms. The number of hydrogen-bond acceptors (Lipinski definition) is 4. The minimum absolute atomic E-state index is 0.718. The highest BCUT2D eigenvalue weighted by Crippen LogP contribution is 2.29. The first-order chi connectivity index (χ1) is 14.2. The Morgan fingerprint density at radius 1 is 1.00 bits per heavy atom. The summed E-state index contributed by atoms with van der Waals surface area (Å²) in [6.07, 6.45) is 1.82. The molecule has 0 aliphatic rings. The zero-order valence-electron chi connectivity index (χ0n) is 15.6. The number of rotatable bonds is 4. The molecule has 0 saturated heterocycles. The van der Waals surface area contributed by atoms with Gasteiger partial charge in [0.15, 0.2) is 0 Å². The van der Waals surface area contributed by atoms with Gasteiger partial charge in [-0.2, -0.15) is 5.10 Å². The molecule has 2 aromatic heterocycles. The van der Waals surface area contributed by atoms with E-state index in [-0.39, 0.29) is 0 Å². The summed E-state index contributed by atoms with van der Waals surface area (Å²) in [5.74, 6) is 0. The SMILES string of the molecule is Cn1c2ccccc2c2cc(C=NNc3nc(-c4ccc(Cl)cc4)cs3)ccc21. The summed E-state index contributed by atoms with van der Waals surface area (Å²) >= 11 is 7.47. The van der Waals surface area contributed by atoms with Crippen molar-refractivity contribution in [3.8, 4) is 11.3 Å². The lowest BCUT2D eigenvalue weighted by molar-refractivity contribution is 1.01. The van der Waals surface area contributed by atoms with Crippen molar-refractivity contribution in [1.29, 1.82) is 0 Å². The predicted octanol–water partition coefficient (Wildman–Crippen LogP) is 6.55. The first-order valence-electron chi connectivity index (χ1n) is 9.17. The van der Waals surface area contributed by atoms with Crippen molar-refractivity contribution in [3.63, 3.8) is 0 Å². The minimum atomic E-state index is 0.718. The number of benzene rings is 3. The lowest BCUT2D eigenvalue weighted by Gasteiger charge is -1.99. The number of anilines is 1. The molecule has 4 nitrogen and oxygen atoms in total. The van der Waals surface area contributed by atoms with E-state index in [0.29, 0.717) is 0 Å². The van der Waals surface area contributed by atoms with Crippen molar-refractivity contribution in [2.24, 2.45) is 12.1 Å². The van der Waals surface area contributed by atoms with Crippen LogP contribution in [0.2, 0.25) is 5.02 Å². The van der Waals surface area contributed by atoms with Crippen LogP contribution < -0.4 is 5.43 Å². The Labute approximate surface area is 177 Å². The van der Waals surface area contributed by atoms with E-state index in [1.807, 2.05) is 35.9 Å². The molecule has 0 spiro atoms. The van der Waals surface area contributed by atoms with Gasteiger partial charge in [-0.1, -0.05) is 48.0 Å². The van der Waals surface area contributed by atoms with Gasteiger partial charge in [0.1, 0.15) is 0 Å². The van der Waals surface area contributed by atoms with Gasteiger partial charge in [0.2, 0.25) is 5.13 Å². The van der Waals surface area contributed by atoms with E-state index in [0.717, 1.165) is 27.0 Å². The van der Waals surface area contributed by atoms with Crippen molar-refractivity contribution >= 4 is 56.1 Å². The number of aryl methyl sites for hydroxylation is 1. The molecule has 5 aromatic rings. The first kappa shape index (κ1) is 17.9. The van der Waals surface area contributed by atoms with E-state index < -0.39 is 0 Å². The van der Waals surface area contributed by atoms with Gasteiger partial charge in [-0.3, -0.25) is 5.43 Å². The van der Waals surface area contributed by atoms with Crippen molar-refractivity contribution in [3.05, 3.63) is 82.7 Å². The molecule has 0 atom stereocenters. The molecule has 142 valence electrons. The van der Waals surface area contributed by atoms with Crippen molar-refractivity contribution in [2.45, 2.75) is 0 Å². The Hall–Kier alpha value is -3.15. The summed E-state index contributed by atoms with van der Waals surface area (Å²) in [5.41, 5.74) is 8.45. The molecule has 0 aliphatic carbocycles. The Kier molecular flexibility index (Phi) is 4.54. The highest BCUT2D eigenvalue weighted by molar-refractivity contribution is 7.14. The second-order valence-electron chi connectivity index (χ2n) is 6.77. The maximum absolute atomic E-state index is 5.95. The summed E-state index contributed by atoms with van der Waals surface area (Å²) < 4.78 is 2.22. The van der Waals surface area contributed by atoms with E-state index in [1.54, 1.807) is 0 Å².